The molecule has 0 bridgehead atoms. The van der Waals surface area contributed by atoms with Crippen LogP contribution in [0.2, 0.25) is 5.02 Å². The fourth-order valence-corrected chi connectivity index (χ4v) is 4.55. The van der Waals surface area contributed by atoms with Gasteiger partial charge in [-0.15, -0.1) is 10.2 Å². The quantitative estimate of drug-likeness (QED) is 0.451. The molecule has 0 saturated heterocycles. The van der Waals surface area contributed by atoms with Crippen LogP contribution in [0.15, 0.2) is 36.4 Å². The van der Waals surface area contributed by atoms with Gasteiger partial charge < -0.3 is 19.1 Å². The highest BCUT2D eigenvalue weighted by Gasteiger charge is 2.37. The van der Waals surface area contributed by atoms with E-state index in [1.165, 1.54) is 0 Å². The number of para-hydroxylation sites is 1. The Hall–Kier alpha value is -3.10. The van der Waals surface area contributed by atoms with Crippen molar-refractivity contribution in [2.24, 2.45) is 0 Å². The summed E-state index contributed by atoms with van der Waals surface area (Å²) in [5.41, 5.74) is 2.44. The lowest BCUT2D eigenvalue weighted by Crippen LogP contribution is -2.29. The molecule has 35 heavy (non-hydrogen) atoms. The highest BCUT2D eigenvalue weighted by molar-refractivity contribution is 6.30. The number of amides is 1. The zero-order valence-electron chi connectivity index (χ0n) is 20.9. The molecule has 2 aromatic carbocycles. The first-order valence-corrected chi connectivity index (χ1v) is 12.0. The molecule has 1 aromatic heterocycles. The van der Waals surface area contributed by atoms with Crippen LogP contribution in [-0.2, 0) is 9.53 Å². The van der Waals surface area contributed by atoms with Crippen molar-refractivity contribution < 1.29 is 19.0 Å². The molecule has 0 fully saturated rings. The van der Waals surface area contributed by atoms with Gasteiger partial charge in [0, 0.05) is 35.7 Å². The lowest BCUT2D eigenvalue weighted by molar-refractivity contribution is -0.134. The van der Waals surface area contributed by atoms with E-state index in [4.69, 9.17) is 25.8 Å². The Labute approximate surface area is 210 Å². The van der Waals surface area contributed by atoms with E-state index < -0.39 is 12.2 Å². The molecule has 4 rings (SSSR count). The monoisotopic (exact) mass is 498 g/mol. The average Bonchev–Trinajstić information content (AvgIpc) is 3.25. The molecule has 0 saturated carbocycles. The van der Waals surface area contributed by atoms with Gasteiger partial charge in [-0.05, 0) is 31.2 Å². The first-order valence-electron chi connectivity index (χ1n) is 11.7. The first-order chi connectivity index (χ1) is 16.8. The Balaban J connectivity index is 1.97. The van der Waals surface area contributed by atoms with Crippen molar-refractivity contribution in [3.8, 4) is 17.2 Å². The van der Waals surface area contributed by atoms with Gasteiger partial charge in [-0.25, -0.2) is 0 Å². The van der Waals surface area contributed by atoms with Crippen molar-refractivity contribution in [1.82, 2.24) is 19.7 Å². The van der Waals surface area contributed by atoms with Gasteiger partial charge in [0.25, 0.3) is 0 Å². The van der Waals surface area contributed by atoms with E-state index in [1.807, 2.05) is 47.9 Å². The van der Waals surface area contributed by atoms with E-state index in [1.54, 1.807) is 26.2 Å². The van der Waals surface area contributed by atoms with Crippen molar-refractivity contribution in [3.63, 3.8) is 0 Å². The maximum Gasteiger partial charge on any atom is 0.225 e. The Bertz CT molecular complexity index is 1230. The number of methoxy groups -OCH3 is 2. The van der Waals surface area contributed by atoms with Gasteiger partial charge in [0.15, 0.2) is 17.3 Å². The van der Waals surface area contributed by atoms with Gasteiger partial charge >= 0.3 is 0 Å². The van der Waals surface area contributed by atoms with Gasteiger partial charge in [-0.2, -0.15) is 0 Å². The molecule has 186 valence electrons. The molecule has 2 atom stereocenters. The lowest BCUT2D eigenvalue weighted by Gasteiger charge is -2.25. The Morgan fingerprint density at radius 3 is 2.60 bits per heavy atom. The summed E-state index contributed by atoms with van der Waals surface area (Å²) < 4.78 is 20.0. The number of hydrogen-bond donors (Lipinski definition) is 0. The maximum absolute atomic E-state index is 13.0. The molecule has 1 amide bonds. The number of aromatic nitrogens is 3. The molecule has 2 heterocycles. The number of hydrogen-bond acceptors (Lipinski definition) is 6. The summed E-state index contributed by atoms with van der Waals surface area (Å²) in [5.74, 6) is 2.56. The number of carbonyl (C=O) groups excluding carboxylic acids is 1. The van der Waals surface area contributed by atoms with Crippen LogP contribution in [0.1, 0.15) is 68.1 Å². The number of carbonyl (C=O) groups is 1. The lowest BCUT2D eigenvalue weighted by atomic mass is 9.98. The Kier molecular flexibility index (Phi) is 7.33. The average molecular weight is 499 g/mol. The van der Waals surface area contributed by atoms with E-state index in [0.717, 1.165) is 22.6 Å². The molecule has 1 aliphatic rings. The fourth-order valence-electron chi connectivity index (χ4n) is 4.37. The van der Waals surface area contributed by atoms with Crippen LogP contribution in [0, 0.1) is 0 Å². The minimum absolute atomic E-state index is 0.0431. The zero-order valence-corrected chi connectivity index (χ0v) is 21.7. The Morgan fingerprint density at radius 1 is 1.17 bits per heavy atom. The molecule has 1 aliphatic heterocycles. The second-order valence-electron chi connectivity index (χ2n) is 8.81. The van der Waals surface area contributed by atoms with Crippen LogP contribution >= 0.6 is 11.6 Å². The predicted molar refractivity (Wildman–Crippen MR) is 134 cm³/mol. The molecule has 0 aliphatic carbocycles. The minimum atomic E-state index is -0.649. The van der Waals surface area contributed by atoms with E-state index in [2.05, 4.69) is 24.0 Å². The van der Waals surface area contributed by atoms with Crippen LogP contribution in [0.5, 0.6) is 11.5 Å². The van der Waals surface area contributed by atoms with E-state index in [-0.39, 0.29) is 18.2 Å². The van der Waals surface area contributed by atoms with Crippen molar-refractivity contribution >= 4 is 17.5 Å². The number of nitrogens with zero attached hydrogens (tertiary/aromatic N) is 4. The number of rotatable bonds is 7. The summed E-state index contributed by atoms with van der Waals surface area (Å²) in [6, 6.07) is 11.3. The van der Waals surface area contributed by atoms with Crippen LogP contribution in [0.4, 0.5) is 0 Å². The van der Waals surface area contributed by atoms with E-state index in [0.29, 0.717) is 28.9 Å². The van der Waals surface area contributed by atoms with Gasteiger partial charge in [-0.3, -0.25) is 9.36 Å². The van der Waals surface area contributed by atoms with Crippen LogP contribution < -0.4 is 9.47 Å². The van der Waals surface area contributed by atoms with E-state index in [9.17, 15) is 4.79 Å². The van der Waals surface area contributed by atoms with E-state index >= 15 is 0 Å². The second kappa shape index (κ2) is 10.3. The van der Waals surface area contributed by atoms with Gasteiger partial charge in [0.2, 0.25) is 5.91 Å². The molecule has 9 heteroatoms. The molecule has 8 nitrogen and oxygen atoms in total. The maximum atomic E-state index is 13.0. The van der Waals surface area contributed by atoms with Crippen LogP contribution in [-0.4, -0.2) is 53.4 Å². The number of halogens is 1. The third-order valence-electron chi connectivity index (χ3n) is 6.31. The summed E-state index contributed by atoms with van der Waals surface area (Å²) in [6.07, 6.45) is -1.13. The van der Waals surface area contributed by atoms with Crippen LogP contribution in [0.25, 0.3) is 5.69 Å². The zero-order chi connectivity index (χ0) is 25.3. The fraction of sp³-hybridized carbons (Fsp3) is 0.423. The normalized spacial score (nSPS) is 16.9. The third-order valence-corrected chi connectivity index (χ3v) is 6.54. The molecular formula is C26H31ClN4O4. The van der Waals surface area contributed by atoms with Crippen molar-refractivity contribution in [1.29, 1.82) is 0 Å². The number of benzene rings is 2. The van der Waals surface area contributed by atoms with Crippen molar-refractivity contribution in [3.05, 3.63) is 64.2 Å². The Morgan fingerprint density at radius 2 is 1.94 bits per heavy atom. The molecule has 3 aromatic rings. The first kappa shape index (κ1) is 25.0. The summed E-state index contributed by atoms with van der Waals surface area (Å²) in [6.45, 7) is 6.66. The van der Waals surface area contributed by atoms with Crippen molar-refractivity contribution in [2.45, 2.75) is 45.3 Å². The smallest absolute Gasteiger partial charge is 0.225 e. The molecule has 0 radical (unpaired) electrons. The molecular weight excluding hydrogens is 468 g/mol. The third kappa shape index (κ3) is 4.60. The number of fused-ring (bicyclic) bond motifs is 3. The molecule has 0 spiro atoms. The standard InChI is InChI=1S/C26H31ClN4O4/c1-7-30(4)22(32)14-21-26-29-28-25(15(2)3)31(26)19-12-11-16(27)13-18(19)23(35-21)17-9-8-10-20(33-5)24(17)34-6/h8-13,15,21,23H,7,14H2,1-6H3. The number of ether oxygens (including phenoxy) is 3. The van der Waals surface area contributed by atoms with Gasteiger partial charge in [-0.1, -0.05) is 37.6 Å². The second-order valence-corrected chi connectivity index (χ2v) is 9.25. The summed E-state index contributed by atoms with van der Waals surface area (Å²) in [4.78, 5) is 14.7. The van der Waals surface area contributed by atoms with Crippen molar-refractivity contribution in [2.75, 3.05) is 27.8 Å². The van der Waals surface area contributed by atoms with Gasteiger partial charge in [0.05, 0.1) is 26.3 Å². The summed E-state index contributed by atoms with van der Waals surface area (Å²) >= 11 is 6.49. The van der Waals surface area contributed by atoms with Crippen LogP contribution in [0.3, 0.4) is 0 Å². The molecule has 0 N–H and O–H groups in total. The minimum Gasteiger partial charge on any atom is -0.493 e. The molecule has 2 unspecified atom stereocenters. The summed E-state index contributed by atoms with van der Waals surface area (Å²) in [5, 5.41) is 9.55. The SMILES string of the molecule is CCN(C)C(=O)CC1OC(c2cccc(OC)c2OC)c2cc(Cl)ccc2-n2c(C(C)C)nnc21. The highest BCUT2D eigenvalue weighted by Crippen LogP contribution is 2.46. The largest absolute Gasteiger partial charge is 0.493 e. The highest BCUT2D eigenvalue weighted by atomic mass is 35.5. The predicted octanol–water partition coefficient (Wildman–Crippen LogP) is 5.09. The topological polar surface area (TPSA) is 78.7 Å². The summed E-state index contributed by atoms with van der Waals surface area (Å²) in [7, 11) is 4.97. The van der Waals surface area contributed by atoms with Gasteiger partial charge in [0.1, 0.15) is 18.0 Å².